The van der Waals surface area contributed by atoms with Crippen LogP contribution in [-0.2, 0) is 16.0 Å². The average molecular weight is 547 g/mol. The molecule has 0 radical (unpaired) electrons. The predicted octanol–water partition coefficient (Wildman–Crippen LogP) is 5.97. The Kier molecular flexibility index (Phi) is 10.9. The first-order valence-electron chi connectivity index (χ1n) is 12.3. The first-order valence-corrected chi connectivity index (χ1v) is 13.1. The van der Waals surface area contributed by atoms with E-state index in [1.807, 2.05) is 53.4 Å². The molecular formula is C27H35BrN2O5. The van der Waals surface area contributed by atoms with Crippen LogP contribution in [0.5, 0.6) is 5.75 Å². The smallest absolute Gasteiger partial charge is 0.333 e. The highest BCUT2D eigenvalue weighted by atomic mass is 79.9. The minimum atomic E-state index is -0.966. The highest BCUT2D eigenvalue weighted by Gasteiger charge is 2.21. The molecule has 0 heterocycles. The van der Waals surface area contributed by atoms with E-state index in [4.69, 9.17) is 9.47 Å². The van der Waals surface area contributed by atoms with E-state index in [1.54, 1.807) is 6.92 Å². The molecule has 0 aliphatic heterocycles. The molecule has 8 heteroatoms. The number of carboxylic acid groups (broad SMARTS) is 1. The zero-order valence-electron chi connectivity index (χ0n) is 20.2. The molecule has 3 rings (SSSR count). The third-order valence-corrected chi connectivity index (χ3v) is 6.73. The van der Waals surface area contributed by atoms with Crippen molar-refractivity contribution in [3.8, 4) is 5.75 Å². The lowest BCUT2D eigenvalue weighted by Gasteiger charge is -2.30. The second kappa shape index (κ2) is 14.1. The minimum Gasteiger partial charge on any atom is -0.492 e. The maximum Gasteiger partial charge on any atom is 0.333 e. The largest absolute Gasteiger partial charge is 0.492 e. The standard InChI is InChI=1S/C27H35BrN2O5/c1-2-34-25(26(31)32)18-20-8-14-24(15-9-20)35-17-16-30(19-21-6-4-3-5-7-21)27(33)29-23-12-10-22(28)11-13-23/h8-15,21,25H,2-7,16-19H2,1H3,(H,29,33)(H,31,32). The summed E-state index contributed by atoms with van der Waals surface area (Å²) in [6.07, 6.45) is 5.48. The zero-order chi connectivity index (χ0) is 25.0. The molecule has 0 spiro atoms. The first kappa shape index (κ1) is 27.0. The molecule has 0 aromatic heterocycles. The third kappa shape index (κ3) is 9.18. The molecule has 2 aromatic rings. The number of benzene rings is 2. The number of ether oxygens (including phenoxy) is 2. The lowest BCUT2D eigenvalue weighted by atomic mass is 9.89. The maximum absolute atomic E-state index is 13.1. The van der Waals surface area contributed by atoms with E-state index in [1.165, 1.54) is 19.3 Å². The lowest BCUT2D eigenvalue weighted by Crippen LogP contribution is -2.41. The summed E-state index contributed by atoms with van der Waals surface area (Å²) < 4.78 is 12.2. The van der Waals surface area contributed by atoms with Crippen molar-refractivity contribution in [2.24, 2.45) is 5.92 Å². The molecule has 1 aliphatic carbocycles. The summed E-state index contributed by atoms with van der Waals surface area (Å²) in [6, 6.07) is 14.8. The molecule has 0 bridgehead atoms. The minimum absolute atomic E-state index is 0.118. The number of nitrogens with one attached hydrogen (secondary N) is 1. The number of rotatable bonds is 12. The first-order chi connectivity index (χ1) is 16.9. The summed E-state index contributed by atoms with van der Waals surface area (Å²) in [5.74, 6) is 0.237. The van der Waals surface area contributed by atoms with Gasteiger partial charge < -0.3 is 24.8 Å². The Labute approximate surface area is 215 Å². The van der Waals surface area contributed by atoms with E-state index in [0.717, 1.165) is 35.1 Å². The highest BCUT2D eigenvalue weighted by molar-refractivity contribution is 9.10. The van der Waals surface area contributed by atoms with Gasteiger partial charge in [0.25, 0.3) is 0 Å². The van der Waals surface area contributed by atoms with Gasteiger partial charge in [-0.25, -0.2) is 9.59 Å². The summed E-state index contributed by atoms with van der Waals surface area (Å²) >= 11 is 3.42. The van der Waals surface area contributed by atoms with E-state index in [-0.39, 0.29) is 6.03 Å². The quantitative estimate of drug-likeness (QED) is 0.342. The number of carboxylic acids is 1. The Hall–Kier alpha value is -2.58. The van der Waals surface area contributed by atoms with Gasteiger partial charge in [-0.05, 0) is 67.6 Å². The van der Waals surface area contributed by atoms with Crippen molar-refractivity contribution in [2.75, 3.05) is 31.6 Å². The van der Waals surface area contributed by atoms with Crippen LogP contribution in [0.2, 0.25) is 0 Å². The van der Waals surface area contributed by atoms with Crippen molar-refractivity contribution in [1.82, 2.24) is 4.90 Å². The van der Waals surface area contributed by atoms with Gasteiger partial charge in [-0.15, -0.1) is 0 Å². The molecule has 2 aromatic carbocycles. The molecule has 2 amide bonds. The number of aliphatic carboxylic acids is 1. The van der Waals surface area contributed by atoms with Crippen LogP contribution < -0.4 is 10.1 Å². The molecule has 0 saturated heterocycles. The van der Waals surface area contributed by atoms with Crippen LogP contribution >= 0.6 is 15.9 Å². The SMILES string of the molecule is CCOC(Cc1ccc(OCCN(CC2CCCCC2)C(=O)Nc2ccc(Br)cc2)cc1)C(=O)O. The molecule has 2 N–H and O–H groups in total. The highest BCUT2D eigenvalue weighted by Crippen LogP contribution is 2.25. The summed E-state index contributed by atoms with van der Waals surface area (Å²) in [5, 5.41) is 12.3. The van der Waals surface area contributed by atoms with E-state index in [0.29, 0.717) is 37.8 Å². The second-order valence-electron chi connectivity index (χ2n) is 8.87. The molecule has 1 aliphatic rings. The van der Waals surface area contributed by atoms with Crippen LogP contribution in [0.25, 0.3) is 0 Å². The summed E-state index contributed by atoms with van der Waals surface area (Å²) in [4.78, 5) is 26.2. The summed E-state index contributed by atoms with van der Waals surface area (Å²) in [7, 11) is 0. The Morgan fingerprint density at radius 2 is 1.77 bits per heavy atom. The fraction of sp³-hybridized carbons (Fsp3) is 0.481. The van der Waals surface area contributed by atoms with Crippen molar-refractivity contribution < 1.29 is 24.2 Å². The van der Waals surface area contributed by atoms with Crippen molar-refractivity contribution in [1.29, 1.82) is 0 Å². The van der Waals surface area contributed by atoms with Crippen LogP contribution in [0, 0.1) is 5.92 Å². The normalized spacial score (nSPS) is 14.8. The number of anilines is 1. The molecule has 7 nitrogen and oxygen atoms in total. The van der Waals surface area contributed by atoms with Crippen LogP contribution in [0.1, 0.15) is 44.6 Å². The number of halogens is 1. The van der Waals surface area contributed by atoms with Crippen LogP contribution in [-0.4, -0.2) is 54.4 Å². The Morgan fingerprint density at radius 1 is 1.09 bits per heavy atom. The van der Waals surface area contributed by atoms with Gasteiger partial charge in [0.1, 0.15) is 12.4 Å². The van der Waals surface area contributed by atoms with E-state index in [2.05, 4.69) is 21.2 Å². The Morgan fingerprint density at radius 3 is 2.40 bits per heavy atom. The monoisotopic (exact) mass is 546 g/mol. The molecule has 35 heavy (non-hydrogen) atoms. The summed E-state index contributed by atoms with van der Waals surface area (Å²) in [6.45, 7) is 3.70. The predicted molar refractivity (Wildman–Crippen MR) is 140 cm³/mol. The van der Waals surface area contributed by atoms with Crippen molar-refractivity contribution in [2.45, 2.75) is 51.6 Å². The molecule has 1 fully saturated rings. The van der Waals surface area contributed by atoms with Gasteiger partial charge in [-0.1, -0.05) is 47.3 Å². The molecule has 1 saturated carbocycles. The molecule has 1 unspecified atom stereocenters. The van der Waals surface area contributed by atoms with E-state index >= 15 is 0 Å². The van der Waals surface area contributed by atoms with Crippen molar-refractivity contribution in [3.05, 3.63) is 58.6 Å². The van der Waals surface area contributed by atoms with Crippen LogP contribution in [0.15, 0.2) is 53.0 Å². The van der Waals surface area contributed by atoms with Gasteiger partial charge in [-0.3, -0.25) is 0 Å². The molecule has 1 atom stereocenters. The maximum atomic E-state index is 13.1. The van der Waals surface area contributed by atoms with E-state index < -0.39 is 12.1 Å². The fourth-order valence-corrected chi connectivity index (χ4v) is 4.59. The van der Waals surface area contributed by atoms with Crippen LogP contribution in [0.3, 0.4) is 0 Å². The van der Waals surface area contributed by atoms with E-state index in [9.17, 15) is 14.7 Å². The topological polar surface area (TPSA) is 88.1 Å². The number of urea groups is 1. The number of carbonyl (C=O) groups is 2. The van der Waals surface area contributed by atoms with Gasteiger partial charge in [0.15, 0.2) is 6.10 Å². The van der Waals surface area contributed by atoms with Gasteiger partial charge in [-0.2, -0.15) is 0 Å². The van der Waals surface area contributed by atoms with Gasteiger partial charge in [0, 0.05) is 29.7 Å². The fourth-order valence-electron chi connectivity index (χ4n) is 4.32. The molecular weight excluding hydrogens is 512 g/mol. The number of hydrogen-bond donors (Lipinski definition) is 2. The van der Waals surface area contributed by atoms with Gasteiger partial charge >= 0.3 is 12.0 Å². The summed E-state index contributed by atoms with van der Waals surface area (Å²) in [5.41, 5.74) is 1.63. The Bertz CT molecular complexity index is 930. The van der Waals surface area contributed by atoms with Gasteiger partial charge in [0.05, 0.1) is 6.54 Å². The van der Waals surface area contributed by atoms with Crippen molar-refractivity contribution >= 4 is 33.6 Å². The number of hydrogen-bond acceptors (Lipinski definition) is 4. The average Bonchev–Trinajstić information content (AvgIpc) is 2.86. The number of carbonyl (C=O) groups excluding carboxylic acids is 1. The molecule has 190 valence electrons. The number of nitrogens with zero attached hydrogens (tertiary/aromatic N) is 1. The van der Waals surface area contributed by atoms with Crippen LogP contribution in [0.4, 0.5) is 10.5 Å². The van der Waals surface area contributed by atoms with Gasteiger partial charge in [0.2, 0.25) is 0 Å². The third-order valence-electron chi connectivity index (χ3n) is 6.20. The lowest BCUT2D eigenvalue weighted by molar-refractivity contribution is -0.149. The zero-order valence-corrected chi connectivity index (χ0v) is 21.8. The van der Waals surface area contributed by atoms with Crippen molar-refractivity contribution in [3.63, 3.8) is 0 Å². The number of amides is 2. The second-order valence-corrected chi connectivity index (χ2v) is 9.78. The Balaban J connectivity index is 1.55.